The quantitative estimate of drug-likeness (QED) is 0.459. The van der Waals surface area contributed by atoms with Gasteiger partial charge in [0.25, 0.3) is 0 Å². The molecule has 3 nitrogen and oxygen atoms in total. The molecule has 12 heavy (non-hydrogen) atoms. The molecule has 1 atom stereocenters. The summed E-state index contributed by atoms with van der Waals surface area (Å²) < 4.78 is 0. The summed E-state index contributed by atoms with van der Waals surface area (Å²) in [6.07, 6.45) is 1.27. The molecule has 0 amide bonds. The van der Waals surface area contributed by atoms with Gasteiger partial charge in [0, 0.05) is 6.42 Å². The van der Waals surface area contributed by atoms with Crippen LogP contribution in [0.3, 0.4) is 0 Å². The highest BCUT2D eigenvalue weighted by Gasteiger charge is 2.06. The molecule has 0 fully saturated rings. The number of aliphatic hydroxyl groups is 1. The smallest absolute Gasteiger partial charge is 0.137 e. The molecule has 0 aromatic rings. The predicted octanol–water partition coefficient (Wildman–Crippen LogP) is 0.874. The van der Waals surface area contributed by atoms with E-state index in [0.29, 0.717) is 6.42 Å². The summed E-state index contributed by atoms with van der Waals surface area (Å²) in [5, 5.41) is 12.7. The Bertz CT molecular complexity index is 170. The Morgan fingerprint density at radius 1 is 1.75 bits per heavy atom. The minimum atomic E-state index is -0.352. The van der Waals surface area contributed by atoms with Crippen molar-refractivity contribution < 1.29 is 9.90 Å². The van der Waals surface area contributed by atoms with Gasteiger partial charge in [-0.25, -0.2) is 0 Å². The van der Waals surface area contributed by atoms with E-state index in [-0.39, 0.29) is 12.8 Å². The van der Waals surface area contributed by atoms with Gasteiger partial charge in [0.15, 0.2) is 0 Å². The van der Waals surface area contributed by atoms with Crippen LogP contribution in [-0.2, 0) is 4.79 Å². The molecule has 0 aliphatic carbocycles. The predicted molar refractivity (Wildman–Crippen MR) is 51.6 cm³/mol. The van der Waals surface area contributed by atoms with Gasteiger partial charge in [0.05, 0.1) is 12.8 Å². The van der Waals surface area contributed by atoms with Crippen LogP contribution in [0.2, 0.25) is 0 Å². The van der Waals surface area contributed by atoms with Crippen molar-refractivity contribution in [2.45, 2.75) is 12.5 Å². The first-order valence-corrected chi connectivity index (χ1v) is 4.37. The van der Waals surface area contributed by atoms with E-state index in [2.05, 4.69) is 18.5 Å². The summed E-state index contributed by atoms with van der Waals surface area (Å²) in [4.78, 5) is 11.2. The summed E-state index contributed by atoms with van der Waals surface area (Å²) >= 11 is 1.39. The second-order valence-electron chi connectivity index (χ2n) is 2.13. The van der Waals surface area contributed by atoms with E-state index in [0.717, 1.165) is 11.2 Å². The number of aldehydes is 1. The van der Waals surface area contributed by atoms with E-state index in [1.807, 2.05) is 0 Å². The largest absolute Gasteiger partial charge is 0.381 e. The van der Waals surface area contributed by atoms with Crippen molar-refractivity contribution in [3.63, 3.8) is 0 Å². The second kappa shape index (κ2) is 7.09. The lowest BCUT2D eigenvalue weighted by atomic mass is 10.2. The van der Waals surface area contributed by atoms with Crippen LogP contribution in [0.25, 0.3) is 0 Å². The Labute approximate surface area is 76.5 Å². The lowest BCUT2D eigenvalue weighted by Gasteiger charge is -2.10. The van der Waals surface area contributed by atoms with Crippen molar-refractivity contribution in [1.82, 2.24) is 5.32 Å². The average molecular weight is 187 g/mol. The maximum atomic E-state index is 10.4. The van der Waals surface area contributed by atoms with Gasteiger partial charge in [-0.05, 0) is 10.3 Å². The number of aliphatic hydroxyl groups excluding tert-OH is 1. The Balaban J connectivity index is 3.75. The highest BCUT2D eigenvalue weighted by molar-refractivity contribution is 8.05. The summed E-state index contributed by atoms with van der Waals surface area (Å²) in [6.45, 7) is 7.05. The monoisotopic (exact) mass is 187 g/mol. The number of rotatable bonds is 7. The van der Waals surface area contributed by atoms with E-state index < -0.39 is 0 Å². The van der Waals surface area contributed by atoms with Gasteiger partial charge in [-0.1, -0.05) is 13.2 Å². The van der Waals surface area contributed by atoms with Crippen molar-refractivity contribution >= 4 is 18.0 Å². The van der Waals surface area contributed by atoms with E-state index in [1.165, 1.54) is 11.8 Å². The van der Waals surface area contributed by atoms with Gasteiger partial charge >= 0.3 is 0 Å². The zero-order valence-corrected chi connectivity index (χ0v) is 7.64. The topological polar surface area (TPSA) is 49.3 Å². The molecule has 0 heterocycles. The van der Waals surface area contributed by atoms with E-state index in [9.17, 15) is 4.79 Å². The van der Waals surface area contributed by atoms with Crippen LogP contribution in [0.15, 0.2) is 23.5 Å². The van der Waals surface area contributed by atoms with Crippen molar-refractivity contribution in [3.8, 4) is 0 Å². The molecule has 0 spiro atoms. The number of carbonyl (C=O) groups is 1. The lowest BCUT2D eigenvalue weighted by Crippen LogP contribution is -2.31. The van der Waals surface area contributed by atoms with E-state index >= 15 is 0 Å². The maximum Gasteiger partial charge on any atom is 0.137 e. The van der Waals surface area contributed by atoms with Crippen LogP contribution in [-0.4, -0.2) is 24.2 Å². The van der Waals surface area contributed by atoms with Gasteiger partial charge in [0.1, 0.15) is 6.29 Å². The van der Waals surface area contributed by atoms with Gasteiger partial charge in [-0.15, -0.1) is 11.8 Å². The van der Waals surface area contributed by atoms with Crippen LogP contribution < -0.4 is 5.32 Å². The fourth-order valence-electron chi connectivity index (χ4n) is 0.697. The van der Waals surface area contributed by atoms with Gasteiger partial charge in [-0.3, -0.25) is 5.32 Å². The van der Waals surface area contributed by atoms with Crippen molar-refractivity contribution in [3.05, 3.63) is 23.5 Å². The lowest BCUT2D eigenvalue weighted by molar-refractivity contribution is -0.109. The van der Waals surface area contributed by atoms with Crippen molar-refractivity contribution in [2.75, 3.05) is 6.73 Å². The molecule has 4 heteroatoms. The molecule has 68 valence electrons. The zero-order valence-electron chi connectivity index (χ0n) is 6.82. The molecule has 0 aromatic carbocycles. The third kappa shape index (κ3) is 5.12. The Morgan fingerprint density at radius 3 is 2.83 bits per heavy atom. The molecule has 2 N–H and O–H groups in total. The maximum absolute atomic E-state index is 10.4. The third-order valence-electron chi connectivity index (χ3n) is 1.22. The minimum absolute atomic E-state index is 0.199. The third-order valence-corrected chi connectivity index (χ3v) is 1.88. The molecule has 0 bridgehead atoms. The number of nitrogens with one attached hydrogen (secondary N) is 1. The zero-order chi connectivity index (χ0) is 9.40. The summed E-state index contributed by atoms with van der Waals surface area (Å²) in [6, 6.07) is -0.352. The van der Waals surface area contributed by atoms with Crippen LogP contribution >= 0.6 is 11.8 Å². The first-order chi connectivity index (χ1) is 5.74. The molecule has 0 aromatic heterocycles. The normalized spacial score (nSPS) is 12.1. The van der Waals surface area contributed by atoms with E-state index in [1.54, 1.807) is 5.41 Å². The Hall–Kier alpha value is -0.580. The molecule has 0 rings (SSSR count). The van der Waals surface area contributed by atoms with Crippen LogP contribution in [0, 0.1) is 0 Å². The summed E-state index contributed by atoms with van der Waals surface area (Å²) in [5.41, 5.74) is 0. The summed E-state index contributed by atoms with van der Waals surface area (Å²) in [7, 11) is 0. The molecule has 0 radical (unpaired) electrons. The van der Waals surface area contributed by atoms with Crippen LogP contribution in [0.1, 0.15) is 6.42 Å². The first kappa shape index (κ1) is 11.4. The second-order valence-corrected chi connectivity index (χ2v) is 3.28. The van der Waals surface area contributed by atoms with Gasteiger partial charge in [-0.2, -0.15) is 0 Å². The minimum Gasteiger partial charge on any atom is -0.381 e. The summed E-state index contributed by atoms with van der Waals surface area (Å²) in [5.74, 6) is 0. The van der Waals surface area contributed by atoms with Crippen molar-refractivity contribution in [1.29, 1.82) is 0 Å². The number of hydrogen-bond acceptors (Lipinski definition) is 4. The first-order valence-electron chi connectivity index (χ1n) is 3.49. The molecular formula is C8H13NO2S. The molecule has 0 unspecified atom stereocenters. The number of carbonyl (C=O) groups excluding carboxylic acids is 1. The van der Waals surface area contributed by atoms with Gasteiger partial charge in [0.2, 0.25) is 0 Å². The Morgan fingerprint density at radius 2 is 2.42 bits per heavy atom. The van der Waals surface area contributed by atoms with Crippen molar-refractivity contribution in [2.24, 2.45) is 0 Å². The molecule has 0 saturated carbocycles. The highest BCUT2D eigenvalue weighted by atomic mass is 32.2. The Kier molecular flexibility index (Phi) is 6.75. The van der Waals surface area contributed by atoms with Crippen LogP contribution in [0.4, 0.5) is 0 Å². The average Bonchev–Trinajstić information content (AvgIpc) is 2.04. The molecule has 0 saturated heterocycles. The fourth-order valence-corrected chi connectivity index (χ4v) is 1.21. The highest BCUT2D eigenvalue weighted by Crippen LogP contribution is 2.18. The standard InChI is InChI=1S/C8H13NO2S/c1-3-12-7(2)4-8(5-10)9-6-11/h3,5,8-9,11H,1-2,4,6H2/t8-/m0/s1. The fraction of sp³-hybridized carbons (Fsp3) is 0.375. The molecular weight excluding hydrogens is 174 g/mol. The van der Waals surface area contributed by atoms with Crippen LogP contribution in [0.5, 0.6) is 0 Å². The van der Waals surface area contributed by atoms with Gasteiger partial charge < -0.3 is 9.90 Å². The number of hydrogen-bond donors (Lipinski definition) is 2. The molecule has 0 aliphatic rings. The van der Waals surface area contributed by atoms with E-state index in [4.69, 9.17) is 5.11 Å². The SMILES string of the molecule is C=CSC(=C)C[C@@H](C=O)NCO. The molecule has 0 aliphatic heterocycles. The number of thioether (sulfide) groups is 1.